The van der Waals surface area contributed by atoms with Crippen molar-refractivity contribution in [3.8, 4) is 6.07 Å². The molecule has 0 fully saturated rings. The van der Waals surface area contributed by atoms with Crippen LogP contribution >= 0.6 is 22.9 Å². The number of aromatic nitrogens is 1. The summed E-state index contributed by atoms with van der Waals surface area (Å²) in [5.74, 6) is -0.416. The Balaban J connectivity index is 2.03. The van der Waals surface area contributed by atoms with Crippen molar-refractivity contribution in [3.63, 3.8) is 0 Å². The maximum atomic E-state index is 11.9. The minimum Gasteiger partial charge on any atom is -0.347 e. The normalized spacial score (nSPS) is 10.9. The van der Waals surface area contributed by atoms with Crippen LogP contribution in [0.15, 0.2) is 42.2 Å². The molecule has 0 aliphatic rings. The summed E-state index contributed by atoms with van der Waals surface area (Å²) >= 11 is 7.12. The molecule has 2 aromatic rings. The molecular formula is C14H10ClN3OS. The highest BCUT2D eigenvalue weighted by Gasteiger charge is 2.09. The van der Waals surface area contributed by atoms with Crippen LogP contribution in [0.2, 0.25) is 4.34 Å². The van der Waals surface area contributed by atoms with E-state index in [1.54, 1.807) is 30.6 Å². The van der Waals surface area contributed by atoms with Crippen LogP contribution in [0.3, 0.4) is 0 Å². The van der Waals surface area contributed by atoms with E-state index in [1.165, 1.54) is 17.4 Å². The lowest BCUT2D eigenvalue weighted by molar-refractivity contribution is -0.117. The Kier molecular flexibility index (Phi) is 4.88. The van der Waals surface area contributed by atoms with Crippen LogP contribution in [0.5, 0.6) is 0 Å². The van der Waals surface area contributed by atoms with Crippen LogP contribution in [0.1, 0.15) is 10.4 Å². The van der Waals surface area contributed by atoms with Gasteiger partial charge in [0.25, 0.3) is 5.91 Å². The average molecular weight is 304 g/mol. The van der Waals surface area contributed by atoms with E-state index in [-0.39, 0.29) is 5.57 Å². The van der Waals surface area contributed by atoms with E-state index in [0.29, 0.717) is 10.9 Å². The maximum absolute atomic E-state index is 11.9. The van der Waals surface area contributed by atoms with Gasteiger partial charge in [0.05, 0.1) is 4.34 Å². The Bertz CT molecular complexity index is 673. The number of carbonyl (C=O) groups excluding carboxylic acids is 1. The monoisotopic (exact) mass is 303 g/mol. The fourth-order valence-corrected chi connectivity index (χ4v) is 2.48. The van der Waals surface area contributed by atoms with Crippen LogP contribution in [-0.2, 0) is 11.3 Å². The molecule has 100 valence electrons. The molecule has 2 rings (SSSR count). The standard InChI is InChI=1S/C14H10ClN3OS/c15-13-4-3-12(20-13)6-11(7-16)14(19)18-9-10-2-1-5-17-8-10/h1-6,8H,9H2,(H,18,19). The van der Waals surface area contributed by atoms with E-state index in [1.807, 2.05) is 12.1 Å². The molecule has 0 aliphatic heterocycles. The number of rotatable bonds is 4. The lowest BCUT2D eigenvalue weighted by Gasteiger charge is -2.03. The van der Waals surface area contributed by atoms with Gasteiger partial charge in [0, 0.05) is 23.8 Å². The van der Waals surface area contributed by atoms with E-state index >= 15 is 0 Å². The van der Waals surface area contributed by atoms with Gasteiger partial charge in [-0.3, -0.25) is 9.78 Å². The summed E-state index contributed by atoms with van der Waals surface area (Å²) in [5, 5.41) is 11.7. The highest BCUT2D eigenvalue weighted by Crippen LogP contribution is 2.23. The topological polar surface area (TPSA) is 65.8 Å². The number of thiophene rings is 1. The summed E-state index contributed by atoms with van der Waals surface area (Å²) in [6, 6.07) is 9.02. The summed E-state index contributed by atoms with van der Waals surface area (Å²) < 4.78 is 0.615. The van der Waals surface area contributed by atoms with E-state index in [2.05, 4.69) is 10.3 Å². The summed E-state index contributed by atoms with van der Waals surface area (Å²) in [6.45, 7) is 0.330. The molecule has 0 saturated heterocycles. The van der Waals surface area contributed by atoms with E-state index in [4.69, 9.17) is 16.9 Å². The Morgan fingerprint density at radius 3 is 2.95 bits per heavy atom. The largest absolute Gasteiger partial charge is 0.347 e. The van der Waals surface area contributed by atoms with Crippen molar-refractivity contribution in [2.75, 3.05) is 0 Å². The van der Waals surface area contributed by atoms with Gasteiger partial charge >= 0.3 is 0 Å². The first-order valence-electron chi connectivity index (χ1n) is 5.73. The molecule has 0 radical (unpaired) electrons. The molecule has 0 unspecified atom stereocenters. The molecule has 4 nitrogen and oxygen atoms in total. The second kappa shape index (κ2) is 6.85. The fraction of sp³-hybridized carbons (Fsp3) is 0.0714. The molecule has 6 heteroatoms. The zero-order valence-corrected chi connectivity index (χ0v) is 11.9. The number of hydrogen-bond donors (Lipinski definition) is 1. The molecule has 0 spiro atoms. The summed E-state index contributed by atoms with van der Waals surface area (Å²) in [4.78, 5) is 16.6. The fourth-order valence-electron chi connectivity index (χ4n) is 1.48. The van der Waals surface area contributed by atoms with Crippen LogP contribution in [-0.4, -0.2) is 10.9 Å². The van der Waals surface area contributed by atoms with E-state index in [0.717, 1.165) is 10.4 Å². The predicted molar refractivity (Wildman–Crippen MR) is 79.0 cm³/mol. The molecular weight excluding hydrogens is 294 g/mol. The maximum Gasteiger partial charge on any atom is 0.262 e. The van der Waals surface area contributed by atoms with Gasteiger partial charge in [0.1, 0.15) is 11.6 Å². The Morgan fingerprint density at radius 2 is 2.35 bits per heavy atom. The summed E-state index contributed by atoms with van der Waals surface area (Å²) in [6.07, 6.45) is 4.84. The SMILES string of the molecule is N#CC(=Cc1ccc(Cl)s1)C(=O)NCc1cccnc1. The first-order chi connectivity index (χ1) is 9.69. The number of pyridine rings is 1. The number of nitrogens with one attached hydrogen (secondary N) is 1. The molecule has 0 aromatic carbocycles. The number of halogens is 1. The Morgan fingerprint density at radius 1 is 1.50 bits per heavy atom. The van der Waals surface area contributed by atoms with Gasteiger partial charge in [-0.2, -0.15) is 5.26 Å². The third-order valence-electron chi connectivity index (χ3n) is 2.42. The molecule has 20 heavy (non-hydrogen) atoms. The minimum atomic E-state index is -0.416. The lowest BCUT2D eigenvalue weighted by Crippen LogP contribution is -2.23. The molecule has 2 heterocycles. The van der Waals surface area contributed by atoms with Crippen molar-refractivity contribution >= 4 is 34.9 Å². The van der Waals surface area contributed by atoms with E-state index in [9.17, 15) is 4.79 Å². The van der Waals surface area contributed by atoms with Crippen molar-refractivity contribution in [1.29, 1.82) is 5.26 Å². The number of nitrogens with zero attached hydrogens (tertiary/aromatic N) is 2. The van der Waals surface area contributed by atoms with Crippen molar-refractivity contribution in [1.82, 2.24) is 10.3 Å². The molecule has 2 aromatic heterocycles. The number of hydrogen-bond acceptors (Lipinski definition) is 4. The van der Waals surface area contributed by atoms with Crippen LogP contribution in [0.4, 0.5) is 0 Å². The highest BCUT2D eigenvalue weighted by molar-refractivity contribution is 7.17. The van der Waals surface area contributed by atoms with Gasteiger partial charge in [-0.1, -0.05) is 17.7 Å². The van der Waals surface area contributed by atoms with Crippen LogP contribution in [0, 0.1) is 11.3 Å². The van der Waals surface area contributed by atoms with Crippen molar-refractivity contribution in [2.24, 2.45) is 0 Å². The number of amides is 1. The third-order valence-corrected chi connectivity index (χ3v) is 3.60. The molecule has 1 amide bonds. The lowest BCUT2D eigenvalue weighted by atomic mass is 10.2. The third kappa shape index (κ3) is 3.92. The van der Waals surface area contributed by atoms with Crippen molar-refractivity contribution < 1.29 is 4.79 Å². The van der Waals surface area contributed by atoms with Gasteiger partial charge in [-0.05, 0) is 29.8 Å². The van der Waals surface area contributed by atoms with Gasteiger partial charge in [-0.15, -0.1) is 11.3 Å². The number of carbonyl (C=O) groups is 1. The number of nitriles is 1. The average Bonchev–Trinajstić information content (AvgIpc) is 2.88. The minimum absolute atomic E-state index is 0.0485. The zero-order chi connectivity index (χ0) is 14.4. The van der Waals surface area contributed by atoms with Crippen LogP contribution in [0.25, 0.3) is 6.08 Å². The van der Waals surface area contributed by atoms with E-state index < -0.39 is 5.91 Å². The predicted octanol–water partition coefficient (Wildman–Crippen LogP) is 3.02. The summed E-state index contributed by atoms with van der Waals surface area (Å²) in [5.41, 5.74) is 0.921. The van der Waals surface area contributed by atoms with Gasteiger partial charge in [0.2, 0.25) is 0 Å². The van der Waals surface area contributed by atoms with Gasteiger partial charge in [0.15, 0.2) is 0 Å². The second-order valence-electron chi connectivity index (χ2n) is 3.86. The van der Waals surface area contributed by atoms with Gasteiger partial charge in [-0.25, -0.2) is 0 Å². The molecule has 0 saturated carbocycles. The first-order valence-corrected chi connectivity index (χ1v) is 6.92. The molecule has 0 aliphatic carbocycles. The Labute approximate surface area is 125 Å². The molecule has 0 bridgehead atoms. The van der Waals surface area contributed by atoms with Crippen LogP contribution < -0.4 is 5.32 Å². The smallest absolute Gasteiger partial charge is 0.262 e. The molecule has 0 atom stereocenters. The summed E-state index contributed by atoms with van der Waals surface area (Å²) in [7, 11) is 0. The van der Waals surface area contributed by atoms with Gasteiger partial charge < -0.3 is 5.32 Å². The molecule has 1 N–H and O–H groups in total. The highest BCUT2D eigenvalue weighted by atomic mass is 35.5. The van der Waals surface area contributed by atoms with Crippen molar-refractivity contribution in [3.05, 3.63) is 57.0 Å². The second-order valence-corrected chi connectivity index (χ2v) is 5.60. The quantitative estimate of drug-likeness (QED) is 0.697. The Hall–Kier alpha value is -2.16. The zero-order valence-electron chi connectivity index (χ0n) is 10.3. The first kappa shape index (κ1) is 14.3. The van der Waals surface area contributed by atoms with Crippen molar-refractivity contribution in [2.45, 2.75) is 6.54 Å².